The molecule has 0 aliphatic rings. The molecule has 0 saturated carbocycles. The van der Waals surface area contributed by atoms with E-state index in [4.69, 9.17) is 0 Å². The van der Waals surface area contributed by atoms with Crippen molar-refractivity contribution in [2.24, 2.45) is 0 Å². The molecule has 1 aromatic rings. The van der Waals surface area contributed by atoms with Crippen molar-refractivity contribution in [3.8, 4) is 0 Å². The second-order valence-electron chi connectivity index (χ2n) is 2.98. The average molecular weight is 196 g/mol. The lowest BCUT2D eigenvalue weighted by Gasteiger charge is -2.07. The van der Waals surface area contributed by atoms with Gasteiger partial charge in [0.25, 0.3) is 0 Å². The van der Waals surface area contributed by atoms with E-state index in [1.165, 1.54) is 7.11 Å². The average Bonchev–Trinajstić information content (AvgIpc) is 2.62. The maximum atomic E-state index is 11.0. The normalized spacial score (nSPS) is 10.1. The smallest absolute Gasteiger partial charge is 0.325 e. The quantitative estimate of drug-likeness (QED) is 0.707. The summed E-state index contributed by atoms with van der Waals surface area (Å²) in [6.45, 7) is 4.03. The molecule has 0 unspecified atom stereocenters. The lowest BCUT2D eigenvalue weighted by Crippen LogP contribution is -2.18. The number of nitrogens with one attached hydrogen (secondary N) is 1. The Morgan fingerprint density at radius 1 is 1.64 bits per heavy atom. The first-order valence-electron chi connectivity index (χ1n) is 4.69. The Kier molecular flexibility index (Phi) is 4.19. The van der Waals surface area contributed by atoms with Crippen LogP contribution in [-0.2, 0) is 22.6 Å². The van der Waals surface area contributed by atoms with Gasteiger partial charge in [0.1, 0.15) is 6.54 Å². The van der Waals surface area contributed by atoms with Crippen LogP contribution < -0.4 is 5.32 Å². The van der Waals surface area contributed by atoms with E-state index in [1.807, 2.05) is 29.8 Å². The number of hydrogen-bond donors (Lipinski definition) is 1. The van der Waals surface area contributed by atoms with Crippen molar-refractivity contribution < 1.29 is 9.53 Å². The number of ether oxygens (including phenoxy) is 1. The molecule has 1 N–H and O–H groups in total. The Hall–Kier alpha value is -1.29. The summed E-state index contributed by atoms with van der Waals surface area (Å²) in [4.78, 5) is 11.0. The summed E-state index contributed by atoms with van der Waals surface area (Å²) in [5.41, 5.74) is 1.09. The molecule has 0 atom stereocenters. The van der Waals surface area contributed by atoms with E-state index in [0.29, 0.717) is 0 Å². The van der Waals surface area contributed by atoms with Crippen LogP contribution in [0.15, 0.2) is 18.3 Å². The minimum Gasteiger partial charge on any atom is -0.468 e. The van der Waals surface area contributed by atoms with Gasteiger partial charge in [0, 0.05) is 18.4 Å². The second kappa shape index (κ2) is 5.44. The van der Waals surface area contributed by atoms with Crippen molar-refractivity contribution in [1.82, 2.24) is 9.88 Å². The Labute approximate surface area is 83.9 Å². The summed E-state index contributed by atoms with van der Waals surface area (Å²) < 4.78 is 6.49. The van der Waals surface area contributed by atoms with Gasteiger partial charge in [0.05, 0.1) is 7.11 Å². The van der Waals surface area contributed by atoms with Gasteiger partial charge in [0.15, 0.2) is 0 Å². The SMILES string of the molecule is CCNCc1cccn1CC(=O)OC. The molecule has 0 fully saturated rings. The monoisotopic (exact) mass is 196 g/mol. The molecule has 0 aromatic carbocycles. The Bertz CT molecular complexity index is 294. The minimum absolute atomic E-state index is 0.223. The molecule has 4 heteroatoms. The van der Waals surface area contributed by atoms with Crippen LogP contribution in [0.1, 0.15) is 12.6 Å². The predicted molar refractivity (Wildman–Crippen MR) is 53.8 cm³/mol. The number of aromatic nitrogens is 1. The first-order valence-corrected chi connectivity index (χ1v) is 4.69. The summed E-state index contributed by atoms with van der Waals surface area (Å²) in [6, 6.07) is 3.92. The summed E-state index contributed by atoms with van der Waals surface area (Å²) >= 11 is 0. The van der Waals surface area contributed by atoms with Gasteiger partial charge < -0.3 is 14.6 Å². The number of hydrogen-bond acceptors (Lipinski definition) is 3. The van der Waals surface area contributed by atoms with Crippen LogP contribution in [0.5, 0.6) is 0 Å². The second-order valence-corrected chi connectivity index (χ2v) is 2.98. The zero-order valence-corrected chi connectivity index (χ0v) is 8.62. The molecule has 0 radical (unpaired) electrons. The zero-order valence-electron chi connectivity index (χ0n) is 8.62. The van der Waals surface area contributed by atoms with Crippen molar-refractivity contribution in [3.63, 3.8) is 0 Å². The first-order chi connectivity index (χ1) is 6.77. The molecule has 0 saturated heterocycles. The molecule has 0 aliphatic carbocycles. The van der Waals surface area contributed by atoms with Crippen LogP contribution in [0.2, 0.25) is 0 Å². The highest BCUT2D eigenvalue weighted by atomic mass is 16.5. The predicted octanol–water partition coefficient (Wildman–Crippen LogP) is 0.771. The summed E-state index contributed by atoms with van der Waals surface area (Å²) in [5.74, 6) is -0.223. The van der Waals surface area contributed by atoms with Crippen LogP contribution in [-0.4, -0.2) is 24.2 Å². The molecule has 0 aliphatic heterocycles. The van der Waals surface area contributed by atoms with Gasteiger partial charge in [0.2, 0.25) is 0 Å². The summed E-state index contributed by atoms with van der Waals surface area (Å²) in [6.07, 6.45) is 1.88. The van der Waals surface area contributed by atoms with E-state index in [1.54, 1.807) is 0 Å². The molecule has 78 valence electrons. The third-order valence-corrected chi connectivity index (χ3v) is 2.01. The molecule has 1 rings (SSSR count). The van der Waals surface area contributed by atoms with Crippen molar-refractivity contribution in [2.75, 3.05) is 13.7 Å². The summed E-state index contributed by atoms with van der Waals surface area (Å²) in [7, 11) is 1.40. The van der Waals surface area contributed by atoms with E-state index in [0.717, 1.165) is 18.8 Å². The van der Waals surface area contributed by atoms with E-state index in [2.05, 4.69) is 10.1 Å². The minimum atomic E-state index is -0.223. The molecule has 14 heavy (non-hydrogen) atoms. The van der Waals surface area contributed by atoms with Gasteiger partial charge in [-0.1, -0.05) is 6.92 Å². The third-order valence-electron chi connectivity index (χ3n) is 2.01. The van der Waals surface area contributed by atoms with Gasteiger partial charge >= 0.3 is 5.97 Å². The Morgan fingerprint density at radius 3 is 3.07 bits per heavy atom. The third kappa shape index (κ3) is 2.88. The van der Waals surface area contributed by atoms with Crippen LogP contribution in [0.25, 0.3) is 0 Å². The number of methoxy groups -OCH3 is 1. The van der Waals surface area contributed by atoms with E-state index in [-0.39, 0.29) is 12.5 Å². The first kappa shape index (κ1) is 10.8. The molecular formula is C10H16N2O2. The molecule has 0 spiro atoms. The standard InChI is InChI=1S/C10H16N2O2/c1-3-11-7-9-5-4-6-12(9)8-10(13)14-2/h4-6,11H,3,7-8H2,1-2H3. The van der Waals surface area contributed by atoms with E-state index in [9.17, 15) is 4.79 Å². The molecule has 0 amide bonds. The number of nitrogens with zero attached hydrogens (tertiary/aromatic N) is 1. The Morgan fingerprint density at radius 2 is 2.43 bits per heavy atom. The van der Waals surface area contributed by atoms with Crippen LogP contribution in [0, 0.1) is 0 Å². The van der Waals surface area contributed by atoms with Gasteiger partial charge in [-0.2, -0.15) is 0 Å². The van der Waals surface area contributed by atoms with E-state index < -0.39 is 0 Å². The fraction of sp³-hybridized carbons (Fsp3) is 0.500. The number of rotatable bonds is 5. The Balaban J connectivity index is 2.57. The number of carbonyl (C=O) groups excluding carboxylic acids is 1. The molecule has 0 bridgehead atoms. The van der Waals surface area contributed by atoms with E-state index >= 15 is 0 Å². The van der Waals surface area contributed by atoms with Crippen molar-refractivity contribution >= 4 is 5.97 Å². The maximum absolute atomic E-state index is 11.0. The molecule has 4 nitrogen and oxygen atoms in total. The lowest BCUT2D eigenvalue weighted by atomic mass is 10.4. The highest BCUT2D eigenvalue weighted by Crippen LogP contribution is 2.02. The largest absolute Gasteiger partial charge is 0.468 e. The number of esters is 1. The van der Waals surface area contributed by atoms with Crippen molar-refractivity contribution in [1.29, 1.82) is 0 Å². The highest BCUT2D eigenvalue weighted by Gasteiger charge is 2.05. The number of carbonyl (C=O) groups is 1. The molecule has 1 aromatic heterocycles. The molecule has 1 heterocycles. The fourth-order valence-electron chi connectivity index (χ4n) is 1.22. The van der Waals surface area contributed by atoms with Gasteiger partial charge in [-0.3, -0.25) is 4.79 Å². The van der Waals surface area contributed by atoms with Gasteiger partial charge in [-0.25, -0.2) is 0 Å². The van der Waals surface area contributed by atoms with Crippen LogP contribution in [0.4, 0.5) is 0 Å². The van der Waals surface area contributed by atoms with Gasteiger partial charge in [-0.15, -0.1) is 0 Å². The zero-order chi connectivity index (χ0) is 10.4. The highest BCUT2D eigenvalue weighted by molar-refractivity contribution is 5.69. The topological polar surface area (TPSA) is 43.3 Å². The molecular weight excluding hydrogens is 180 g/mol. The van der Waals surface area contributed by atoms with Crippen LogP contribution >= 0.6 is 0 Å². The maximum Gasteiger partial charge on any atom is 0.325 e. The van der Waals surface area contributed by atoms with Crippen molar-refractivity contribution in [3.05, 3.63) is 24.0 Å². The summed E-state index contributed by atoms with van der Waals surface area (Å²) in [5, 5.41) is 3.21. The fourth-order valence-corrected chi connectivity index (χ4v) is 1.22. The van der Waals surface area contributed by atoms with Crippen molar-refractivity contribution in [2.45, 2.75) is 20.0 Å². The lowest BCUT2D eigenvalue weighted by molar-refractivity contribution is -0.141. The van der Waals surface area contributed by atoms with Gasteiger partial charge in [-0.05, 0) is 18.7 Å². The van der Waals surface area contributed by atoms with Crippen LogP contribution in [0.3, 0.4) is 0 Å².